The van der Waals surface area contributed by atoms with Crippen molar-refractivity contribution < 1.29 is 19.3 Å². The second-order valence-corrected chi connectivity index (χ2v) is 7.66. The first-order chi connectivity index (χ1) is 15.0. The minimum absolute atomic E-state index is 0.120. The summed E-state index contributed by atoms with van der Waals surface area (Å²) in [5.41, 5.74) is 1.85. The number of aliphatic imine (C=N–C) groups is 1. The van der Waals surface area contributed by atoms with Crippen molar-refractivity contribution in [3.8, 4) is 17.2 Å². The van der Waals surface area contributed by atoms with Gasteiger partial charge in [-0.1, -0.05) is 18.2 Å². The minimum Gasteiger partial charge on any atom is -0.491 e. The van der Waals surface area contributed by atoms with Crippen molar-refractivity contribution in [3.63, 3.8) is 0 Å². The first kappa shape index (κ1) is 22.7. The predicted molar refractivity (Wildman–Crippen MR) is 122 cm³/mol. The van der Waals surface area contributed by atoms with E-state index in [9.17, 15) is 5.11 Å². The second kappa shape index (κ2) is 11.5. The van der Waals surface area contributed by atoms with Gasteiger partial charge in [0.25, 0.3) is 0 Å². The zero-order valence-electron chi connectivity index (χ0n) is 18.6. The van der Waals surface area contributed by atoms with Crippen LogP contribution in [0.5, 0.6) is 17.2 Å². The van der Waals surface area contributed by atoms with Crippen LogP contribution in [-0.4, -0.2) is 43.5 Å². The maximum atomic E-state index is 10.5. The van der Waals surface area contributed by atoms with E-state index in [0.717, 1.165) is 41.3 Å². The molecule has 1 aliphatic rings. The van der Waals surface area contributed by atoms with Crippen LogP contribution < -0.4 is 24.8 Å². The number of benzene rings is 2. The van der Waals surface area contributed by atoms with Crippen LogP contribution in [0.3, 0.4) is 0 Å². The van der Waals surface area contributed by atoms with Gasteiger partial charge in [-0.15, -0.1) is 0 Å². The molecule has 1 atom stereocenters. The summed E-state index contributed by atoms with van der Waals surface area (Å²) < 4.78 is 17.1. The van der Waals surface area contributed by atoms with Crippen LogP contribution in [0.25, 0.3) is 0 Å². The SMILES string of the molecule is CCNC(=NCc1ccc2c(c1)OCCCO2)NCC(O)c1ccc(OC(C)C)cc1. The van der Waals surface area contributed by atoms with Crippen LogP contribution in [-0.2, 0) is 6.54 Å². The number of hydrogen-bond acceptors (Lipinski definition) is 5. The molecule has 1 aliphatic heterocycles. The summed E-state index contributed by atoms with van der Waals surface area (Å²) in [4.78, 5) is 4.64. The summed E-state index contributed by atoms with van der Waals surface area (Å²) in [6, 6.07) is 13.4. The molecular weight excluding hydrogens is 394 g/mol. The van der Waals surface area contributed by atoms with Gasteiger partial charge in [0, 0.05) is 19.5 Å². The number of aliphatic hydroxyl groups excluding tert-OH is 1. The summed E-state index contributed by atoms with van der Waals surface area (Å²) in [5.74, 6) is 2.99. The number of nitrogens with one attached hydrogen (secondary N) is 2. The summed E-state index contributed by atoms with van der Waals surface area (Å²) in [6.45, 7) is 8.88. The molecule has 0 aliphatic carbocycles. The number of rotatable bonds is 8. The topological polar surface area (TPSA) is 84.3 Å². The first-order valence-corrected chi connectivity index (χ1v) is 10.9. The lowest BCUT2D eigenvalue weighted by Crippen LogP contribution is -2.39. The molecule has 7 heteroatoms. The molecule has 0 amide bonds. The molecule has 3 N–H and O–H groups in total. The van der Waals surface area contributed by atoms with Crippen LogP contribution in [0.15, 0.2) is 47.5 Å². The third-order valence-electron chi connectivity index (χ3n) is 4.68. The third-order valence-corrected chi connectivity index (χ3v) is 4.68. The van der Waals surface area contributed by atoms with Crippen LogP contribution in [0.4, 0.5) is 0 Å². The maximum absolute atomic E-state index is 10.5. The number of hydrogen-bond donors (Lipinski definition) is 3. The lowest BCUT2D eigenvalue weighted by atomic mass is 10.1. The highest BCUT2D eigenvalue weighted by Crippen LogP contribution is 2.30. The number of fused-ring (bicyclic) bond motifs is 1. The van der Waals surface area contributed by atoms with Crippen LogP contribution in [0, 0.1) is 0 Å². The number of guanidine groups is 1. The molecule has 0 saturated carbocycles. The lowest BCUT2D eigenvalue weighted by Gasteiger charge is -2.16. The molecule has 0 fully saturated rings. The maximum Gasteiger partial charge on any atom is 0.191 e. The largest absolute Gasteiger partial charge is 0.491 e. The standard InChI is InChI=1S/C24H33N3O4/c1-4-25-24(26-15-18-6-11-22-23(14-18)30-13-5-12-29-22)27-16-21(28)19-7-9-20(10-8-19)31-17(2)3/h6-11,14,17,21,28H,4-5,12-13,15-16H2,1-3H3,(H2,25,26,27). The van der Waals surface area contributed by atoms with E-state index in [-0.39, 0.29) is 6.10 Å². The Morgan fingerprint density at radius 3 is 2.52 bits per heavy atom. The summed E-state index contributed by atoms with van der Waals surface area (Å²) in [7, 11) is 0. The zero-order chi connectivity index (χ0) is 22.1. The Hall–Kier alpha value is -2.93. The summed E-state index contributed by atoms with van der Waals surface area (Å²) in [5, 5.41) is 17.0. The molecule has 1 unspecified atom stereocenters. The van der Waals surface area contributed by atoms with Gasteiger partial charge < -0.3 is 30.0 Å². The molecular formula is C24H33N3O4. The van der Waals surface area contributed by atoms with E-state index in [2.05, 4.69) is 15.6 Å². The highest BCUT2D eigenvalue weighted by molar-refractivity contribution is 5.79. The Bertz CT molecular complexity index is 852. The van der Waals surface area contributed by atoms with Crippen molar-refractivity contribution >= 4 is 5.96 Å². The van der Waals surface area contributed by atoms with Crippen molar-refractivity contribution in [2.24, 2.45) is 4.99 Å². The van der Waals surface area contributed by atoms with Gasteiger partial charge in [0.05, 0.1) is 32.0 Å². The fourth-order valence-electron chi connectivity index (χ4n) is 3.17. The normalized spacial score (nSPS) is 14.7. The third kappa shape index (κ3) is 7.07. The van der Waals surface area contributed by atoms with E-state index in [0.29, 0.717) is 32.3 Å². The van der Waals surface area contributed by atoms with Crippen LogP contribution in [0.2, 0.25) is 0 Å². The Morgan fingerprint density at radius 2 is 1.81 bits per heavy atom. The molecule has 2 aromatic carbocycles. The van der Waals surface area contributed by atoms with Gasteiger partial charge in [-0.3, -0.25) is 0 Å². The van der Waals surface area contributed by atoms with Gasteiger partial charge in [-0.05, 0) is 56.2 Å². The lowest BCUT2D eigenvalue weighted by molar-refractivity contribution is 0.180. The fraction of sp³-hybridized carbons (Fsp3) is 0.458. The number of aliphatic hydroxyl groups is 1. The molecule has 0 aromatic heterocycles. The molecule has 1 heterocycles. The van der Waals surface area contributed by atoms with Crippen molar-refractivity contribution in [3.05, 3.63) is 53.6 Å². The zero-order valence-corrected chi connectivity index (χ0v) is 18.6. The van der Waals surface area contributed by atoms with E-state index in [1.165, 1.54) is 0 Å². The van der Waals surface area contributed by atoms with E-state index < -0.39 is 6.10 Å². The quantitative estimate of drug-likeness (QED) is 0.442. The van der Waals surface area contributed by atoms with E-state index in [1.54, 1.807) is 0 Å². The van der Waals surface area contributed by atoms with Crippen molar-refractivity contribution in [2.75, 3.05) is 26.3 Å². The van der Waals surface area contributed by atoms with E-state index >= 15 is 0 Å². The average Bonchev–Trinajstić information content (AvgIpc) is 3.00. The monoisotopic (exact) mass is 427 g/mol. The number of ether oxygens (including phenoxy) is 3. The molecule has 0 spiro atoms. The fourth-order valence-corrected chi connectivity index (χ4v) is 3.17. The molecule has 0 radical (unpaired) electrons. The average molecular weight is 428 g/mol. The predicted octanol–water partition coefficient (Wildman–Crippen LogP) is 3.42. The second-order valence-electron chi connectivity index (χ2n) is 7.66. The highest BCUT2D eigenvalue weighted by Gasteiger charge is 2.12. The Morgan fingerprint density at radius 1 is 1.06 bits per heavy atom. The Kier molecular flexibility index (Phi) is 8.41. The van der Waals surface area contributed by atoms with Gasteiger partial charge in [-0.25, -0.2) is 4.99 Å². The van der Waals surface area contributed by atoms with Crippen LogP contribution in [0.1, 0.15) is 44.4 Å². The molecule has 7 nitrogen and oxygen atoms in total. The van der Waals surface area contributed by atoms with Gasteiger partial charge in [0.1, 0.15) is 5.75 Å². The van der Waals surface area contributed by atoms with Crippen molar-refractivity contribution in [2.45, 2.75) is 45.9 Å². The minimum atomic E-state index is -0.657. The van der Waals surface area contributed by atoms with Crippen molar-refractivity contribution in [1.29, 1.82) is 0 Å². The van der Waals surface area contributed by atoms with Crippen molar-refractivity contribution in [1.82, 2.24) is 10.6 Å². The van der Waals surface area contributed by atoms with E-state index in [4.69, 9.17) is 14.2 Å². The summed E-state index contributed by atoms with van der Waals surface area (Å²) >= 11 is 0. The van der Waals surface area contributed by atoms with Gasteiger partial charge in [0.15, 0.2) is 17.5 Å². The Labute approximate surface area is 184 Å². The highest BCUT2D eigenvalue weighted by atomic mass is 16.5. The molecule has 168 valence electrons. The molecule has 2 aromatic rings. The first-order valence-electron chi connectivity index (χ1n) is 10.9. The smallest absolute Gasteiger partial charge is 0.191 e. The molecule has 31 heavy (non-hydrogen) atoms. The van der Waals surface area contributed by atoms with Gasteiger partial charge in [0.2, 0.25) is 0 Å². The summed E-state index contributed by atoms with van der Waals surface area (Å²) in [6.07, 6.45) is 0.344. The Balaban J connectivity index is 1.57. The van der Waals surface area contributed by atoms with Crippen LogP contribution >= 0.6 is 0 Å². The van der Waals surface area contributed by atoms with E-state index in [1.807, 2.05) is 63.2 Å². The van der Waals surface area contributed by atoms with Gasteiger partial charge in [-0.2, -0.15) is 0 Å². The molecule has 0 bridgehead atoms. The number of nitrogens with zero attached hydrogens (tertiary/aromatic N) is 1. The molecule has 3 rings (SSSR count). The molecule has 0 saturated heterocycles. The van der Waals surface area contributed by atoms with Gasteiger partial charge >= 0.3 is 0 Å².